The van der Waals surface area contributed by atoms with Crippen LogP contribution in [0.25, 0.3) is 28.2 Å². The lowest BCUT2D eigenvalue weighted by molar-refractivity contribution is 0.271. The van der Waals surface area contributed by atoms with Crippen molar-refractivity contribution in [2.24, 2.45) is 5.92 Å². The largest absolute Gasteiger partial charge is 0.493 e. The van der Waals surface area contributed by atoms with Gasteiger partial charge in [-0.1, -0.05) is 50.2 Å². The predicted molar refractivity (Wildman–Crippen MR) is 106 cm³/mol. The fourth-order valence-electron chi connectivity index (χ4n) is 3.01. The lowest BCUT2D eigenvalue weighted by atomic mass is 10.1. The molecule has 0 fully saturated rings. The maximum absolute atomic E-state index is 5.79. The number of imidazole rings is 1. The molecular formula is C23H22N2O. The molecule has 0 bridgehead atoms. The molecule has 2 aromatic heterocycles. The van der Waals surface area contributed by atoms with Crippen molar-refractivity contribution in [2.45, 2.75) is 13.8 Å². The van der Waals surface area contributed by atoms with Crippen LogP contribution in [0.3, 0.4) is 0 Å². The number of hydrogen-bond donors (Lipinski definition) is 0. The first-order valence-corrected chi connectivity index (χ1v) is 8.98. The van der Waals surface area contributed by atoms with Gasteiger partial charge in [0.05, 0.1) is 17.8 Å². The molecule has 4 rings (SSSR count). The van der Waals surface area contributed by atoms with Crippen LogP contribution < -0.4 is 4.74 Å². The van der Waals surface area contributed by atoms with Crippen LogP contribution in [0.1, 0.15) is 13.8 Å². The Balaban J connectivity index is 1.75. The van der Waals surface area contributed by atoms with Crippen molar-refractivity contribution in [1.29, 1.82) is 0 Å². The van der Waals surface area contributed by atoms with Crippen LogP contribution in [0.15, 0.2) is 79.0 Å². The third-order valence-corrected chi connectivity index (χ3v) is 4.29. The van der Waals surface area contributed by atoms with E-state index in [9.17, 15) is 0 Å². The molecule has 0 aliphatic rings. The Bertz CT molecular complexity index is 1000. The molecule has 0 aliphatic heterocycles. The van der Waals surface area contributed by atoms with Gasteiger partial charge in [0.25, 0.3) is 0 Å². The lowest BCUT2D eigenvalue weighted by Gasteiger charge is -2.09. The Labute approximate surface area is 153 Å². The Morgan fingerprint density at radius 2 is 1.58 bits per heavy atom. The normalized spacial score (nSPS) is 11.2. The summed E-state index contributed by atoms with van der Waals surface area (Å²) in [6.07, 6.45) is 2.06. The van der Waals surface area contributed by atoms with E-state index in [1.165, 1.54) is 0 Å². The number of aromatic nitrogens is 2. The topological polar surface area (TPSA) is 26.5 Å². The van der Waals surface area contributed by atoms with Crippen molar-refractivity contribution in [3.05, 3.63) is 79.0 Å². The number of nitrogens with zero attached hydrogens (tertiary/aromatic N) is 2. The smallest absolute Gasteiger partial charge is 0.145 e. The highest BCUT2D eigenvalue weighted by Crippen LogP contribution is 2.30. The number of benzene rings is 2. The average Bonchev–Trinajstić information content (AvgIpc) is 3.07. The van der Waals surface area contributed by atoms with Gasteiger partial charge in [-0.3, -0.25) is 4.40 Å². The first kappa shape index (κ1) is 16.4. The fourth-order valence-corrected chi connectivity index (χ4v) is 3.01. The van der Waals surface area contributed by atoms with Crippen LogP contribution in [0.2, 0.25) is 0 Å². The van der Waals surface area contributed by atoms with Crippen LogP contribution >= 0.6 is 0 Å². The van der Waals surface area contributed by atoms with Gasteiger partial charge in [0.2, 0.25) is 0 Å². The summed E-state index contributed by atoms with van der Waals surface area (Å²) in [5.41, 5.74) is 4.31. The highest BCUT2D eigenvalue weighted by Gasteiger charge is 2.13. The minimum absolute atomic E-state index is 0.513. The molecule has 0 amide bonds. The number of hydrogen-bond acceptors (Lipinski definition) is 2. The summed E-state index contributed by atoms with van der Waals surface area (Å²) in [6.45, 7) is 5.02. The van der Waals surface area contributed by atoms with Crippen LogP contribution in [-0.4, -0.2) is 16.0 Å². The average molecular weight is 342 g/mol. The van der Waals surface area contributed by atoms with E-state index in [-0.39, 0.29) is 0 Å². The van der Waals surface area contributed by atoms with E-state index in [4.69, 9.17) is 9.72 Å². The Kier molecular flexibility index (Phi) is 4.44. The Hall–Kier alpha value is -3.07. The second kappa shape index (κ2) is 7.04. The molecule has 0 unspecified atom stereocenters. The highest BCUT2D eigenvalue weighted by molar-refractivity contribution is 5.81. The van der Waals surface area contributed by atoms with Crippen LogP contribution in [-0.2, 0) is 0 Å². The van der Waals surface area contributed by atoms with E-state index in [2.05, 4.69) is 60.8 Å². The van der Waals surface area contributed by atoms with E-state index in [0.29, 0.717) is 5.92 Å². The van der Waals surface area contributed by atoms with Gasteiger partial charge >= 0.3 is 0 Å². The maximum atomic E-state index is 5.79. The summed E-state index contributed by atoms with van der Waals surface area (Å²) < 4.78 is 7.94. The zero-order valence-corrected chi connectivity index (χ0v) is 15.1. The molecule has 0 saturated heterocycles. The summed E-state index contributed by atoms with van der Waals surface area (Å²) in [7, 11) is 0. The van der Waals surface area contributed by atoms with Gasteiger partial charge in [-0.25, -0.2) is 4.98 Å². The lowest BCUT2D eigenvalue weighted by Crippen LogP contribution is -2.04. The zero-order valence-electron chi connectivity index (χ0n) is 15.1. The van der Waals surface area contributed by atoms with E-state index in [1.807, 2.05) is 36.4 Å². The quantitative estimate of drug-likeness (QED) is 0.465. The van der Waals surface area contributed by atoms with E-state index < -0.39 is 0 Å². The Morgan fingerprint density at radius 1 is 0.846 bits per heavy atom. The molecule has 130 valence electrons. The summed E-state index contributed by atoms with van der Waals surface area (Å²) >= 11 is 0. The SMILES string of the molecule is CC(C)COc1ccc(-c2nc(-c3ccccc3)c3ccccn23)cc1. The van der Waals surface area contributed by atoms with Crippen molar-refractivity contribution in [2.75, 3.05) is 6.61 Å². The number of rotatable bonds is 5. The van der Waals surface area contributed by atoms with Gasteiger partial charge in [0.1, 0.15) is 11.6 Å². The molecule has 2 aromatic carbocycles. The van der Waals surface area contributed by atoms with Crippen molar-refractivity contribution in [3.63, 3.8) is 0 Å². The molecule has 0 N–H and O–H groups in total. The molecule has 0 aliphatic carbocycles. The third kappa shape index (κ3) is 3.21. The van der Waals surface area contributed by atoms with Gasteiger partial charge in [-0.2, -0.15) is 0 Å². The first-order chi connectivity index (χ1) is 12.7. The molecule has 26 heavy (non-hydrogen) atoms. The Morgan fingerprint density at radius 3 is 2.31 bits per heavy atom. The summed E-state index contributed by atoms with van der Waals surface area (Å²) in [4.78, 5) is 4.96. The molecule has 4 aromatic rings. The number of fused-ring (bicyclic) bond motifs is 1. The number of ether oxygens (including phenoxy) is 1. The third-order valence-electron chi connectivity index (χ3n) is 4.29. The predicted octanol–water partition coefficient (Wildman–Crippen LogP) is 5.70. The molecule has 2 heterocycles. The molecule has 3 nitrogen and oxygen atoms in total. The first-order valence-electron chi connectivity index (χ1n) is 8.98. The van der Waals surface area contributed by atoms with Crippen molar-refractivity contribution >= 4 is 5.52 Å². The standard InChI is InChI=1S/C23H22N2O/c1-17(2)16-26-20-13-11-19(12-14-20)23-24-22(18-8-4-3-5-9-18)21-10-6-7-15-25(21)23/h3-15,17H,16H2,1-2H3. The monoisotopic (exact) mass is 342 g/mol. The van der Waals surface area contributed by atoms with Crippen LogP contribution in [0.5, 0.6) is 5.75 Å². The van der Waals surface area contributed by atoms with E-state index in [0.717, 1.165) is 40.5 Å². The molecule has 0 atom stereocenters. The summed E-state index contributed by atoms with van der Waals surface area (Å²) in [5.74, 6) is 2.35. The highest BCUT2D eigenvalue weighted by atomic mass is 16.5. The summed E-state index contributed by atoms with van der Waals surface area (Å²) in [6, 6.07) is 24.7. The van der Waals surface area contributed by atoms with Gasteiger partial charge < -0.3 is 4.74 Å². The minimum atomic E-state index is 0.513. The zero-order chi connectivity index (χ0) is 17.9. The fraction of sp³-hybridized carbons (Fsp3) is 0.174. The van der Waals surface area contributed by atoms with Crippen LogP contribution in [0.4, 0.5) is 0 Å². The second-order valence-corrected chi connectivity index (χ2v) is 6.84. The van der Waals surface area contributed by atoms with Gasteiger partial charge in [0.15, 0.2) is 0 Å². The second-order valence-electron chi connectivity index (χ2n) is 6.84. The van der Waals surface area contributed by atoms with Crippen molar-refractivity contribution in [3.8, 4) is 28.4 Å². The van der Waals surface area contributed by atoms with Gasteiger partial charge in [-0.15, -0.1) is 0 Å². The molecule has 0 saturated carbocycles. The molecule has 0 radical (unpaired) electrons. The molecular weight excluding hydrogens is 320 g/mol. The van der Waals surface area contributed by atoms with Crippen molar-refractivity contribution in [1.82, 2.24) is 9.38 Å². The van der Waals surface area contributed by atoms with Gasteiger partial charge in [0, 0.05) is 17.3 Å². The number of pyridine rings is 1. The minimum Gasteiger partial charge on any atom is -0.493 e. The van der Waals surface area contributed by atoms with Crippen LogP contribution in [0, 0.1) is 5.92 Å². The molecule has 0 spiro atoms. The van der Waals surface area contributed by atoms with Crippen molar-refractivity contribution < 1.29 is 4.74 Å². The molecule has 3 heteroatoms. The van der Waals surface area contributed by atoms with E-state index in [1.54, 1.807) is 0 Å². The van der Waals surface area contributed by atoms with E-state index >= 15 is 0 Å². The van der Waals surface area contributed by atoms with Gasteiger partial charge in [-0.05, 0) is 42.3 Å². The summed E-state index contributed by atoms with van der Waals surface area (Å²) in [5, 5.41) is 0. The maximum Gasteiger partial charge on any atom is 0.145 e.